The highest BCUT2D eigenvalue weighted by molar-refractivity contribution is 7.91. The van der Waals surface area contributed by atoms with Gasteiger partial charge in [0.15, 0.2) is 9.84 Å². The summed E-state index contributed by atoms with van der Waals surface area (Å²) in [5, 5.41) is 0. The summed E-state index contributed by atoms with van der Waals surface area (Å²) >= 11 is 0. The van der Waals surface area contributed by atoms with Gasteiger partial charge in [-0.1, -0.05) is 27.2 Å². The van der Waals surface area contributed by atoms with Gasteiger partial charge in [-0.3, -0.25) is 0 Å². The van der Waals surface area contributed by atoms with E-state index in [0.29, 0.717) is 24.3 Å². The van der Waals surface area contributed by atoms with Crippen molar-refractivity contribution in [3.8, 4) is 0 Å². The molecule has 0 spiro atoms. The maximum Gasteiger partial charge on any atom is 0.150 e. The number of unbranched alkanes of at least 4 members (excludes halogenated alkanes) is 1. The van der Waals surface area contributed by atoms with Crippen LogP contribution in [-0.4, -0.2) is 19.9 Å². The summed E-state index contributed by atoms with van der Waals surface area (Å²) < 4.78 is 22.3. The molecule has 0 bridgehead atoms. The second kappa shape index (κ2) is 4.75. The molecule has 0 saturated carbocycles. The van der Waals surface area contributed by atoms with E-state index in [9.17, 15) is 8.42 Å². The van der Waals surface area contributed by atoms with E-state index in [1.54, 1.807) is 0 Å². The summed E-state index contributed by atoms with van der Waals surface area (Å²) in [7, 11) is -2.78. The highest BCUT2D eigenvalue weighted by Gasteiger charge is 2.11. The first-order valence-electron chi connectivity index (χ1n) is 3.97. The van der Waals surface area contributed by atoms with Gasteiger partial charge in [0.2, 0.25) is 0 Å². The van der Waals surface area contributed by atoms with Gasteiger partial charge >= 0.3 is 0 Å². The first-order valence-corrected chi connectivity index (χ1v) is 5.79. The molecule has 0 N–H and O–H groups in total. The van der Waals surface area contributed by atoms with Crippen molar-refractivity contribution in [1.29, 1.82) is 0 Å². The summed E-state index contributed by atoms with van der Waals surface area (Å²) in [6.07, 6.45) is 1.40. The lowest BCUT2D eigenvalue weighted by atomic mass is 10.3. The molecule has 0 aliphatic rings. The third-order valence-electron chi connectivity index (χ3n) is 1.29. The van der Waals surface area contributed by atoms with Crippen LogP contribution < -0.4 is 0 Å². The largest absolute Gasteiger partial charge is 0.229 e. The summed E-state index contributed by atoms with van der Waals surface area (Å²) in [5.74, 6) is 0.853. The second-order valence-corrected chi connectivity index (χ2v) is 5.44. The topological polar surface area (TPSA) is 34.1 Å². The van der Waals surface area contributed by atoms with Crippen molar-refractivity contribution in [2.75, 3.05) is 11.5 Å². The number of hydrogen-bond donors (Lipinski definition) is 0. The maximum atomic E-state index is 11.2. The standard InChI is InChI=1S/C8H17O2S/c1-4-5-6-11(9,10)7-8(2)3/h8H,1,4-7H2,2-3H3. The molecule has 0 fully saturated rings. The normalized spacial score (nSPS) is 12.4. The molecule has 0 rings (SSSR count). The molecule has 0 aromatic rings. The molecule has 67 valence electrons. The van der Waals surface area contributed by atoms with Gasteiger partial charge in [-0.05, 0) is 12.3 Å². The Labute approximate surface area is 69.9 Å². The zero-order valence-corrected chi connectivity index (χ0v) is 8.15. The Balaban J connectivity index is 3.82. The molecule has 1 radical (unpaired) electrons. The van der Waals surface area contributed by atoms with Crippen LogP contribution >= 0.6 is 0 Å². The Hall–Kier alpha value is -0.0500. The van der Waals surface area contributed by atoms with Gasteiger partial charge in [-0.25, -0.2) is 8.42 Å². The molecular formula is C8H17O2S. The molecule has 2 nitrogen and oxygen atoms in total. The van der Waals surface area contributed by atoms with Crippen molar-refractivity contribution >= 4 is 9.84 Å². The van der Waals surface area contributed by atoms with Crippen LogP contribution in [-0.2, 0) is 9.84 Å². The molecule has 0 aliphatic carbocycles. The molecule has 0 atom stereocenters. The molecule has 0 unspecified atom stereocenters. The van der Waals surface area contributed by atoms with Gasteiger partial charge < -0.3 is 0 Å². The number of rotatable bonds is 5. The Morgan fingerprint density at radius 3 is 2.27 bits per heavy atom. The van der Waals surface area contributed by atoms with Crippen molar-refractivity contribution in [2.24, 2.45) is 5.92 Å². The zero-order chi connectivity index (χ0) is 8.91. The van der Waals surface area contributed by atoms with Crippen LogP contribution in [0.4, 0.5) is 0 Å². The highest BCUT2D eigenvalue weighted by Crippen LogP contribution is 2.03. The van der Waals surface area contributed by atoms with Crippen LogP contribution in [0.2, 0.25) is 0 Å². The molecule has 0 heterocycles. The smallest absolute Gasteiger partial charge is 0.150 e. The average Bonchev–Trinajstić information content (AvgIpc) is 1.81. The summed E-state index contributed by atoms with van der Waals surface area (Å²) in [4.78, 5) is 0. The Kier molecular flexibility index (Phi) is 4.73. The second-order valence-electron chi connectivity index (χ2n) is 3.22. The van der Waals surface area contributed by atoms with E-state index < -0.39 is 9.84 Å². The Bertz CT molecular complexity index is 180. The maximum absolute atomic E-state index is 11.2. The van der Waals surface area contributed by atoms with Crippen molar-refractivity contribution in [2.45, 2.75) is 26.7 Å². The van der Waals surface area contributed by atoms with E-state index in [-0.39, 0.29) is 5.92 Å². The predicted molar refractivity (Wildman–Crippen MR) is 48.1 cm³/mol. The van der Waals surface area contributed by atoms with Crippen LogP contribution in [0.3, 0.4) is 0 Å². The van der Waals surface area contributed by atoms with E-state index in [0.717, 1.165) is 0 Å². The SMILES string of the molecule is [CH2]CCCS(=O)(=O)CC(C)C. The first kappa shape index (κ1) is 11.0. The molecule has 0 aliphatic heterocycles. The molecule has 3 heteroatoms. The lowest BCUT2D eigenvalue weighted by molar-refractivity contribution is 0.580. The minimum Gasteiger partial charge on any atom is -0.229 e. The van der Waals surface area contributed by atoms with Gasteiger partial charge in [-0.15, -0.1) is 0 Å². The van der Waals surface area contributed by atoms with Crippen molar-refractivity contribution in [3.63, 3.8) is 0 Å². The number of sulfone groups is 1. The highest BCUT2D eigenvalue weighted by atomic mass is 32.2. The van der Waals surface area contributed by atoms with Gasteiger partial charge in [0.05, 0.1) is 11.5 Å². The van der Waals surface area contributed by atoms with Gasteiger partial charge in [0, 0.05) is 0 Å². The van der Waals surface area contributed by atoms with Crippen LogP contribution in [0.5, 0.6) is 0 Å². The summed E-state index contributed by atoms with van der Waals surface area (Å²) in [5.41, 5.74) is 0. The lowest BCUT2D eigenvalue weighted by Gasteiger charge is -2.05. The molecule has 0 aromatic heterocycles. The molecular weight excluding hydrogens is 160 g/mol. The monoisotopic (exact) mass is 177 g/mol. The van der Waals surface area contributed by atoms with Crippen molar-refractivity contribution < 1.29 is 8.42 Å². The van der Waals surface area contributed by atoms with Crippen LogP contribution in [0.1, 0.15) is 26.7 Å². The Morgan fingerprint density at radius 1 is 1.36 bits per heavy atom. The van der Waals surface area contributed by atoms with E-state index in [1.165, 1.54) is 0 Å². The fourth-order valence-corrected chi connectivity index (χ4v) is 2.74. The molecule has 0 saturated heterocycles. The third kappa shape index (κ3) is 6.35. The van der Waals surface area contributed by atoms with Gasteiger partial charge in [0.1, 0.15) is 0 Å². The lowest BCUT2D eigenvalue weighted by Crippen LogP contribution is -2.15. The van der Waals surface area contributed by atoms with Gasteiger partial charge in [-0.2, -0.15) is 0 Å². The fraction of sp³-hybridized carbons (Fsp3) is 0.875. The number of hydrogen-bond acceptors (Lipinski definition) is 2. The predicted octanol–water partition coefficient (Wildman–Crippen LogP) is 1.67. The molecule has 11 heavy (non-hydrogen) atoms. The fourth-order valence-electron chi connectivity index (χ4n) is 0.913. The first-order chi connectivity index (χ1) is 4.98. The van der Waals surface area contributed by atoms with E-state index >= 15 is 0 Å². The Morgan fingerprint density at radius 2 is 1.91 bits per heavy atom. The average molecular weight is 177 g/mol. The molecule has 0 amide bonds. The molecule has 0 aromatic carbocycles. The van der Waals surface area contributed by atoms with Crippen LogP contribution in [0, 0.1) is 12.8 Å². The van der Waals surface area contributed by atoms with Crippen molar-refractivity contribution in [1.82, 2.24) is 0 Å². The quantitative estimate of drug-likeness (QED) is 0.640. The minimum absolute atomic E-state index is 0.241. The van der Waals surface area contributed by atoms with E-state index in [2.05, 4.69) is 6.92 Å². The van der Waals surface area contributed by atoms with Gasteiger partial charge in [0.25, 0.3) is 0 Å². The van der Waals surface area contributed by atoms with Crippen LogP contribution in [0.25, 0.3) is 0 Å². The summed E-state index contributed by atoms with van der Waals surface area (Å²) in [6.45, 7) is 7.44. The van der Waals surface area contributed by atoms with E-state index in [4.69, 9.17) is 0 Å². The zero-order valence-electron chi connectivity index (χ0n) is 7.34. The summed E-state index contributed by atoms with van der Waals surface area (Å²) in [6, 6.07) is 0. The van der Waals surface area contributed by atoms with Crippen molar-refractivity contribution in [3.05, 3.63) is 6.92 Å². The van der Waals surface area contributed by atoms with Crippen LogP contribution in [0.15, 0.2) is 0 Å². The van der Waals surface area contributed by atoms with E-state index in [1.807, 2.05) is 13.8 Å². The third-order valence-corrected chi connectivity index (χ3v) is 3.38. The minimum atomic E-state index is -2.78.